The zero-order chi connectivity index (χ0) is 35.6. The van der Waals surface area contributed by atoms with Crippen molar-refractivity contribution in [3.8, 4) is 33.4 Å². The molecule has 0 spiro atoms. The van der Waals surface area contributed by atoms with Crippen LogP contribution in [0.2, 0.25) is 0 Å². The maximum absolute atomic E-state index is 2.47. The largest absolute Gasteiger partial charge is 0.135 e. The van der Waals surface area contributed by atoms with Crippen molar-refractivity contribution in [3.05, 3.63) is 168 Å². The highest BCUT2D eigenvalue weighted by Gasteiger charge is 2.30. The van der Waals surface area contributed by atoms with Crippen LogP contribution in [0.15, 0.2) is 152 Å². The number of hydrogen-bond donors (Lipinski definition) is 0. The van der Waals surface area contributed by atoms with Crippen LogP contribution in [0.4, 0.5) is 0 Å². The van der Waals surface area contributed by atoms with Crippen molar-refractivity contribution in [3.63, 3.8) is 0 Å². The van der Waals surface area contributed by atoms with Crippen LogP contribution in [-0.4, -0.2) is 0 Å². The Morgan fingerprint density at radius 3 is 1.92 bits per heavy atom. The van der Waals surface area contributed by atoms with Gasteiger partial charge in [0.15, 0.2) is 0 Å². The van der Waals surface area contributed by atoms with Gasteiger partial charge in [-0.25, -0.2) is 0 Å². The van der Waals surface area contributed by atoms with E-state index in [1.165, 1.54) is 90.4 Å². The van der Waals surface area contributed by atoms with Crippen molar-refractivity contribution in [2.75, 3.05) is 0 Å². The quantitative estimate of drug-likeness (QED) is 0.161. The van der Waals surface area contributed by atoms with E-state index in [-0.39, 0.29) is 10.8 Å². The maximum Gasteiger partial charge on any atom is 0.0433 e. The summed E-state index contributed by atoms with van der Waals surface area (Å²) in [7, 11) is 0. The second-order valence-electron chi connectivity index (χ2n) is 15.8. The fraction of sp³-hybridized carbons (Fsp3) is 0.160. The van der Waals surface area contributed by atoms with Gasteiger partial charge in [-0.1, -0.05) is 168 Å². The van der Waals surface area contributed by atoms with Gasteiger partial charge in [0.05, 0.1) is 0 Å². The molecule has 0 saturated heterocycles. The zero-order valence-electron chi connectivity index (χ0n) is 30.5. The monoisotopic (exact) mass is 706 g/mol. The summed E-state index contributed by atoms with van der Waals surface area (Å²) in [6.07, 6.45) is 0.927. The van der Waals surface area contributed by atoms with Crippen LogP contribution in [-0.2, 0) is 17.3 Å². The Hall–Kier alpha value is -5.02. The van der Waals surface area contributed by atoms with Crippen molar-refractivity contribution in [2.45, 2.75) is 51.9 Å². The summed E-state index contributed by atoms with van der Waals surface area (Å²) in [4.78, 5) is 0. The van der Waals surface area contributed by atoms with Crippen LogP contribution in [0, 0.1) is 0 Å². The van der Waals surface area contributed by atoms with E-state index in [9.17, 15) is 0 Å². The van der Waals surface area contributed by atoms with Crippen LogP contribution in [0.5, 0.6) is 0 Å². The summed E-state index contributed by atoms with van der Waals surface area (Å²) in [6.45, 7) is 11.8. The molecular formula is C50H42S2. The van der Waals surface area contributed by atoms with E-state index >= 15 is 0 Å². The molecular weight excluding hydrogens is 665 g/mol. The van der Waals surface area contributed by atoms with Gasteiger partial charge < -0.3 is 0 Å². The molecule has 0 N–H and O–H groups in total. The Balaban J connectivity index is 1.19. The Morgan fingerprint density at radius 2 is 1.08 bits per heavy atom. The lowest BCUT2D eigenvalue weighted by Crippen LogP contribution is -2.23. The van der Waals surface area contributed by atoms with Gasteiger partial charge in [0, 0.05) is 40.3 Å². The van der Waals surface area contributed by atoms with Gasteiger partial charge in [-0.05, 0) is 85.5 Å². The molecule has 52 heavy (non-hydrogen) atoms. The molecule has 2 heteroatoms. The van der Waals surface area contributed by atoms with Crippen LogP contribution in [0.25, 0.3) is 73.7 Å². The molecule has 0 amide bonds. The standard InChI is InChI=1S/C50H42S2/c1-49(2,3)42-25-11-9-18-35(42)37-21-15-27-44-46(37)41-29-28-32(30-45(41)51-44)31-50(4,5)47-34(33-16-7-6-8-17-33)20-13-22-38(47)40-24-14-23-39-36-19-10-12-26-43(36)52-48(39)40/h6-30H,31H2,1-5H3. The van der Waals surface area contributed by atoms with Gasteiger partial charge in [-0.3, -0.25) is 0 Å². The van der Waals surface area contributed by atoms with Crippen LogP contribution in [0.3, 0.4) is 0 Å². The fourth-order valence-electron chi connectivity index (χ4n) is 8.50. The second kappa shape index (κ2) is 12.6. The fourth-order valence-corrected chi connectivity index (χ4v) is 10.9. The highest BCUT2D eigenvalue weighted by molar-refractivity contribution is 7.26. The van der Waals surface area contributed by atoms with Crippen molar-refractivity contribution in [1.29, 1.82) is 0 Å². The van der Waals surface area contributed by atoms with Gasteiger partial charge in [0.1, 0.15) is 0 Å². The van der Waals surface area contributed by atoms with E-state index in [0.29, 0.717) is 0 Å². The van der Waals surface area contributed by atoms with Crippen LogP contribution in [0.1, 0.15) is 51.3 Å². The molecule has 7 aromatic carbocycles. The molecule has 0 aliphatic rings. The first-order valence-electron chi connectivity index (χ1n) is 18.3. The van der Waals surface area contributed by atoms with E-state index in [4.69, 9.17) is 0 Å². The van der Waals surface area contributed by atoms with E-state index in [1.807, 2.05) is 22.7 Å². The third-order valence-corrected chi connectivity index (χ3v) is 13.1. The van der Waals surface area contributed by atoms with E-state index in [2.05, 4.69) is 186 Å². The lowest BCUT2D eigenvalue weighted by Gasteiger charge is -2.31. The third kappa shape index (κ3) is 5.57. The molecule has 0 aliphatic carbocycles. The minimum Gasteiger partial charge on any atom is -0.135 e. The normalized spacial score (nSPS) is 12.4. The van der Waals surface area contributed by atoms with Crippen molar-refractivity contribution in [1.82, 2.24) is 0 Å². The molecule has 9 aromatic rings. The lowest BCUT2D eigenvalue weighted by molar-refractivity contribution is 0.525. The molecule has 0 saturated carbocycles. The first-order valence-corrected chi connectivity index (χ1v) is 19.9. The van der Waals surface area contributed by atoms with Gasteiger partial charge in [0.2, 0.25) is 0 Å². The minimum atomic E-state index is -0.165. The van der Waals surface area contributed by atoms with Crippen molar-refractivity contribution in [2.24, 2.45) is 0 Å². The van der Waals surface area contributed by atoms with Gasteiger partial charge in [-0.2, -0.15) is 0 Å². The van der Waals surface area contributed by atoms with Gasteiger partial charge >= 0.3 is 0 Å². The number of fused-ring (bicyclic) bond motifs is 6. The van der Waals surface area contributed by atoms with Gasteiger partial charge in [-0.15, -0.1) is 22.7 Å². The first-order chi connectivity index (χ1) is 25.2. The molecule has 0 nitrogen and oxygen atoms in total. The Morgan fingerprint density at radius 1 is 0.442 bits per heavy atom. The number of benzene rings is 7. The highest BCUT2D eigenvalue weighted by Crippen LogP contribution is 2.48. The topological polar surface area (TPSA) is 0 Å². The van der Waals surface area contributed by atoms with Crippen molar-refractivity contribution < 1.29 is 0 Å². The molecule has 254 valence electrons. The lowest BCUT2D eigenvalue weighted by atomic mass is 9.72. The van der Waals surface area contributed by atoms with Crippen molar-refractivity contribution >= 4 is 63.0 Å². The van der Waals surface area contributed by atoms with Gasteiger partial charge in [0.25, 0.3) is 0 Å². The highest BCUT2D eigenvalue weighted by atomic mass is 32.1. The predicted octanol–water partition coefficient (Wildman–Crippen LogP) is 15.2. The summed E-state index contributed by atoms with van der Waals surface area (Å²) in [5.41, 5.74) is 11.9. The Labute approximate surface area is 315 Å². The van der Waals surface area contributed by atoms with Crippen LogP contribution >= 0.6 is 22.7 Å². The van der Waals surface area contributed by atoms with E-state index in [1.54, 1.807) is 0 Å². The summed E-state index contributed by atoms with van der Waals surface area (Å²) in [5.74, 6) is 0. The molecule has 0 aliphatic heterocycles. The third-order valence-electron chi connectivity index (χ3n) is 10.8. The molecule has 2 aromatic heterocycles. The summed E-state index contributed by atoms with van der Waals surface area (Å²) in [5, 5.41) is 5.40. The second-order valence-corrected chi connectivity index (χ2v) is 18.0. The number of thiophene rings is 2. The smallest absolute Gasteiger partial charge is 0.0433 e. The molecule has 2 heterocycles. The maximum atomic E-state index is 2.47. The average molecular weight is 707 g/mol. The van der Waals surface area contributed by atoms with E-state index < -0.39 is 0 Å². The Kier molecular flexibility index (Phi) is 7.95. The molecule has 9 rings (SSSR count). The minimum absolute atomic E-state index is 0.0563. The first kappa shape index (κ1) is 32.9. The van der Waals surface area contributed by atoms with E-state index in [0.717, 1.165) is 6.42 Å². The molecule has 0 fully saturated rings. The van der Waals surface area contributed by atoms with Crippen LogP contribution < -0.4 is 0 Å². The summed E-state index contributed by atoms with van der Waals surface area (Å²) in [6, 6.07) is 56.6. The SMILES string of the molecule is CC(C)(C)c1ccccc1-c1cccc2sc3cc(CC(C)(C)c4c(-c5ccccc5)cccc4-c4cccc5c4sc4ccccc45)ccc3c12. The predicted molar refractivity (Wildman–Crippen MR) is 230 cm³/mol. The molecule has 0 radical (unpaired) electrons. The molecule has 0 atom stereocenters. The number of rotatable bonds is 6. The zero-order valence-corrected chi connectivity index (χ0v) is 32.1. The average Bonchev–Trinajstić information content (AvgIpc) is 3.72. The summed E-state index contributed by atoms with van der Waals surface area (Å²) < 4.78 is 5.41. The molecule has 0 unspecified atom stereocenters. The Bertz CT molecular complexity index is 2770. The molecule has 0 bridgehead atoms. The summed E-state index contributed by atoms with van der Waals surface area (Å²) >= 11 is 3.84. The number of hydrogen-bond acceptors (Lipinski definition) is 2.